The van der Waals surface area contributed by atoms with Crippen molar-refractivity contribution < 1.29 is 39.3 Å². The first-order valence-corrected chi connectivity index (χ1v) is 15.7. The van der Waals surface area contributed by atoms with Gasteiger partial charge < -0.3 is 48.1 Å². The molecule has 0 saturated carbocycles. The summed E-state index contributed by atoms with van der Waals surface area (Å²) in [5.41, 5.74) is 22.4. The summed E-state index contributed by atoms with van der Waals surface area (Å²) in [5.74, 6) is -3.92. The smallest absolute Gasteiger partial charge is 0.317 e. The Hall–Kier alpha value is -2.93. The third-order valence-electron chi connectivity index (χ3n) is 6.99. The van der Waals surface area contributed by atoms with Crippen molar-refractivity contribution >= 4 is 29.7 Å². The highest BCUT2D eigenvalue weighted by Crippen LogP contribution is 2.04. The summed E-state index contributed by atoms with van der Waals surface area (Å²) in [5, 5.41) is 28.4. The molecule has 0 radical (unpaired) electrons. The number of rotatable bonds is 30. The zero-order valence-corrected chi connectivity index (χ0v) is 26.7. The summed E-state index contributed by atoms with van der Waals surface area (Å²) in [6, 6.07) is 0. The second kappa shape index (κ2) is 26.3. The minimum atomic E-state index is -1.14. The molecule has 17 nitrogen and oxygen atoms in total. The van der Waals surface area contributed by atoms with E-state index in [1.807, 2.05) is 0 Å². The molecule has 0 aliphatic rings. The number of unbranched alkanes of at least 4 members (excludes halogenated alkanes) is 2. The minimum absolute atomic E-state index is 0.0741. The van der Waals surface area contributed by atoms with Crippen LogP contribution in [0.5, 0.6) is 0 Å². The van der Waals surface area contributed by atoms with Gasteiger partial charge in [-0.15, -0.1) is 0 Å². The number of hydrogen-bond acceptors (Lipinski definition) is 12. The number of carbonyl (C=O) groups excluding carboxylic acids is 2. The highest BCUT2D eigenvalue weighted by Gasteiger charge is 2.23. The van der Waals surface area contributed by atoms with E-state index in [0.717, 1.165) is 12.8 Å². The summed E-state index contributed by atoms with van der Waals surface area (Å²) < 4.78 is 0. The zero-order valence-electron chi connectivity index (χ0n) is 26.7. The van der Waals surface area contributed by atoms with Crippen LogP contribution in [0.2, 0.25) is 0 Å². The maximum absolute atomic E-state index is 13.1. The van der Waals surface area contributed by atoms with E-state index in [9.17, 15) is 39.3 Å². The normalized spacial score (nSPS) is 11.4. The lowest BCUT2D eigenvalue weighted by Gasteiger charge is -2.30. The van der Waals surface area contributed by atoms with Crippen LogP contribution in [0.1, 0.15) is 38.5 Å². The Morgan fingerprint density at radius 2 is 0.667 bits per heavy atom. The number of carboxylic acid groups (broad SMARTS) is 3. The predicted octanol–water partition coefficient (Wildman–Crippen LogP) is -3.02. The molecule has 0 rings (SSSR count). The molecule has 0 fully saturated rings. The highest BCUT2D eigenvalue weighted by molar-refractivity contribution is 5.80. The number of carboxylic acids is 3. The average molecular weight is 648 g/mol. The van der Waals surface area contributed by atoms with Crippen LogP contribution in [0.3, 0.4) is 0 Å². The highest BCUT2D eigenvalue weighted by atomic mass is 16.4. The number of nitrogens with zero attached hydrogens (tertiary/aromatic N) is 5. The number of hydrogen-bond donors (Lipinski definition) is 7. The van der Waals surface area contributed by atoms with Crippen LogP contribution in [0, 0.1) is 0 Å². The van der Waals surface area contributed by atoms with E-state index in [-0.39, 0.29) is 51.1 Å². The first-order valence-electron chi connectivity index (χ1n) is 15.7. The van der Waals surface area contributed by atoms with E-state index < -0.39 is 37.5 Å². The molecule has 0 unspecified atom stereocenters. The van der Waals surface area contributed by atoms with Gasteiger partial charge in [0, 0.05) is 52.4 Å². The summed E-state index contributed by atoms with van der Waals surface area (Å²) in [6.45, 7) is 2.31. The fraction of sp³-hybridized carbons (Fsp3) is 0.821. The molecule has 0 heterocycles. The first kappa shape index (κ1) is 42.1. The van der Waals surface area contributed by atoms with Crippen molar-refractivity contribution in [1.29, 1.82) is 0 Å². The van der Waals surface area contributed by atoms with Gasteiger partial charge >= 0.3 is 17.9 Å². The molecule has 0 aromatic carbocycles. The zero-order chi connectivity index (χ0) is 34.0. The number of nitrogens with two attached hydrogens (primary N) is 4. The molecule has 45 heavy (non-hydrogen) atoms. The van der Waals surface area contributed by atoms with Crippen LogP contribution in [-0.4, -0.2) is 181 Å². The van der Waals surface area contributed by atoms with E-state index in [2.05, 4.69) is 0 Å². The van der Waals surface area contributed by atoms with Gasteiger partial charge in [0.1, 0.15) is 0 Å². The Bertz CT molecular complexity index is 808. The molecule has 0 saturated heterocycles. The Morgan fingerprint density at radius 3 is 0.978 bits per heavy atom. The number of amides is 2. The molecule has 11 N–H and O–H groups in total. The van der Waals surface area contributed by atoms with Crippen molar-refractivity contribution in [3.05, 3.63) is 0 Å². The molecule has 0 aliphatic carbocycles. The van der Waals surface area contributed by atoms with Crippen molar-refractivity contribution in [3.8, 4) is 0 Å². The molecule has 262 valence electrons. The minimum Gasteiger partial charge on any atom is -0.480 e. The molecular weight excluding hydrogens is 590 g/mol. The third-order valence-corrected chi connectivity index (χ3v) is 6.99. The largest absolute Gasteiger partial charge is 0.480 e. The molecule has 0 bridgehead atoms. The van der Waals surface area contributed by atoms with Crippen LogP contribution < -0.4 is 22.9 Å². The van der Waals surface area contributed by atoms with Gasteiger partial charge in [0.15, 0.2) is 0 Å². The maximum Gasteiger partial charge on any atom is 0.317 e. The summed E-state index contributed by atoms with van der Waals surface area (Å²) in [7, 11) is 0. The lowest BCUT2D eigenvalue weighted by molar-refractivity contribution is -0.141. The van der Waals surface area contributed by atoms with Crippen molar-refractivity contribution in [2.24, 2.45) is 22.9 Å². The quantitative estimate of drug-likeness (QED) is 0.0382. The Labute approximate surface area is 266 Å². The molecule has 0 aromatic heterocycles. The Balaban J connectivity index is 5.52. The van der Waals surface area contributed by atoms with E-state index in [1.54, 1.807) is 9.80 Å². The van der Waals surface area contributed by atoms with Gasteiger partial charge in [0.25, 0.3) is 0 Å². The van der Waals surface area contributed by atoms with E-state index in [0.29, 0.717) is 78.0 Å². The number of carbonyl (C=O) groups is 5. The molecule has 17 heteroatoms. The molecule has 0 spiro atoms. The average Bonchev–Trinajstić information content (AvgIpc) is 2.96. The van der Waals surface area contributed by atoms with Gasteiger partial charge in [0.2, 0.25) is 11.8 Å². The Morgan fingerprint density at radius 1 is 0.378 bits per heavy atom. The molecule has 2 amide bonds. The fourth-order valence-corrected chi connectivity index (χ4v) is 4.60. The maximum atomic E-state index is 13.1. The Kier molecular flexibility index (Phi) is 24.6. The van der Waals surface area contributed by atoms with Crippen LogP contribution in [0.25, 0.3) is 0 Å². The SMILES string of the molecule is NCCCCN(CCCN)C(=O)CN(CCN(CCN(CC(=O)O)CC(=O)N(CCCN)CCCCN)CC(=O)O)CC(=O)O. The van der Waals surface area contributed by atoms with Crippen molar-refractivity contribution in [2.75, 3.05) is 111 Å². The van der Waals surface area contributed by atoms with Crippen LogP contribution in [0.4, 0.5) is 0 Å². The summed E-state index contributed by atoms with van der Waals surface area (Å²) >= 11 is 0. The van der Waals surface area contributed by atoms with Crippen molar-refractivity contribution in [1.82, 2.24) is 24.5 Å². The second-order valence-corrected chi connectivity index (χ2v) is 10.9. The van der Waals surface area contributed by atoms with Gasteiger partial charge in [-0.1, -0.05) is 0 Å². The van der Waals surface area contributed by atoms with Gasteiger partial charge in [-0.05, 0) is 64.7 Å². The fourth-order valence-electron chi connectivity index (χ4n) is 4.60. The standard InChI is InChI=1S/C28H57N9O8/c29-7-1-3-11-36(13-5-9-31)24(38)19-34(22-27(42)43)17-15-33(21-26(40)41)16-18-35(23-28(44)45)20-25(39)37(14-6-10-32)12-4-2-8-30/h1-23,29-32H2,(H,40,41)(H,42,43)(H,44,45). The van der Waals surface area contributed by atoms with Gasteiger partial charge in [-0.2, -0.15) is 0 Å². The van der Waals surface area contributed by atoms with Gasteiger partial charge in [-0.25, -0.2) is 0 Å². The first-order chi connectivity index (χ1) is 21.5. The topological polar surface area (TPSA) is 266 Å². The molecular formula is C28H57N9O8. The molecule has 0 aliphatic heterocycles. The van der Waals surface area contributed by atoms with E-state index in [4.69, 9.17) is 22.9 Å². The van der Waals surface area contributed by atoms with Gasteiger partial charge in [-0.3, -0.25) is 38.7 Å². The van der Waals surface area contributed by atoms with Crippen molar-refractivity contribution in [2.45, 2.75) is 38.5 Å². The monoisotopic (exact) mass is 647 g/mol. The third kappa shape index (κ3) is 22.3. The van der Waals surface area contributed by atoms with Gasteiger partial charge in [0.05, 0.1) is 32.7 Å². The lowest BCUT2D eigenvalue weighted by atomic mass is 10.2. The lowest BCUT2D eigenvalue weighted by Crippen LogP contribution is -2.48. The van der Waals surface area contributed by atoms with E-state index in [1.165, 1.54) is 14.7 Å². The summed E-state index contributed by atoms with van der Waals surface area (Å²) in [6.07, 6.45) is 4.05. The van der Waals surface area contributed by atoms with Crippen LogP contribution in [-0.2, 0) is 24.0 Å². The molecule has 0 aromatic rings. The summed E-state index contributed by atoms with van der Waals surface area (Å²) in [4.78, 5) is 68.6. The number of aliphatic carboxylic acids is 3. The van der Waals surface area contributed by atoms with E-state index >= 15 is 0 Å². The molecule has 0 atom stereocenters. The second-order valence-electron chi connectivity index (χ2n) is 10.9. The van der Waals surface area contributed by atoms with Crippen LogP contribution in [0.15, 0.2) is 0 Å². The predicted molar refractivity (Wildman–Crippen MR) is 169 cm³/mol. The van der Waals surface area contributed by atoms with Crippen molar-refractivity contribution in [3.63, 3.8) is 0 Å². The van der Waals surface area contributed by atoms with Crippen LogP contribution >= 0.6 is 0 Å².